The molecule has 1 N–H and O–H groups in total. The number of nitrogens with zero attached hydrogens (tertiary/aromatic N) is 1. The van der Waals surface area contributed by atoms with Crippen LogP contribution < -0.4 is 0 Å². The zero-order valence-electron chi connectivity index (χ0n) is 11.2. The number of hydrogen-bond acceptors (Lipinski definition) is 3. The van der Waals surface area contributed by atoms with E-state index < -0.39 is 5.60 Å². The van der Waals surface area contributed by atoms with Crippen LogP contribution in [0.4, 0.5) is 0 Å². The van der Waals surface area contributed by atoms with Gasteiger partial charge in [0.15, 0.2) is 0 Å². The van der Waals surface area contributed by atoms with E-state index in [1.54, 1.807) is 6.20 Å². The molecular weight excluding hydrogens is 238 g/mol. The number of ether oxygens (including phenoxy) is 1. The van der Waals surface area contributed by atoms with Crippen molar-refractivity contribution in [2.75, 3.05) is 6.61 Å². The third kappa shape index (κ3) is 2.24. The molecule has 19 heavy (non-hydrogen) atoms. The Kier molecular flexibility index (Phi) is 3.25. The highest BCUT2D eigenvalue weighted by atomic mass is 16.5. The quantitative estimate of drug-likeness (QED) is 0.899. The molecule has 100 valence electrons. The van der Waals surface area contributed by atoms with Gasteiger partial charge in [-0.05, 0) is 11.8 Å². The van der Waals surface area contributed by atoms with E-state index in [1.165, 1.54) is 0 Å². The first-order chi connectivity index (χ1) is 9.23. The molecule has 3 nitrogen and oxygen atoms in total. The van der Waals surface area contributed by atoms with E-state index in [4.69, 9.17) is 4.74 Å². The molecule has 2 atom stereocenters. The third-order valence-electron chi connectivity index (χ3n) is 4.06. The van der Waals surface area contributed by atoms with Crippen LogP contribution in [-0.4, -0.2) is 22.8 Å². The highest BCUT2D eigenvalue weighted by Crippen LogP contribution is 2.38. The van der Waals surface area contributed by atoms with Gasteiger partial charge in [0.1, 0.15) is 0 Å². The summed E-state index contributed by atoms with van der Waals surface area (Å²) in [5.74, 6) is 0. The van der Waals surface area contributed by atoms with Crippen LogP contribution in [0.3, 0.4) is 0 Å². The lowest BCUT2D eigenvalue weighted by atomic mass is 9.82. The summed E-state index contributed by atoms with van der Waals surface area (Å²) in [5.41, 5.74) is 0.125. The summed E-state index contributed by atoms with van der Waals surface area (Å²) in [6.07, 6.45) is 6.01. The van der Waals surface area contributed by atoms with Gasteiger partial charge in [-0.1, -0.05) is 31.2 Å². The van der Waals surface area contributed by atoms with Crippen LogP contribution in [0.1, 0.15) is 31.7 Å². The van der Waals surface area contributed by atoms with Gasteiger partial charge in [0, 0.05) is 36.2 Å². The first kappa shape index (κ1) is 12.6. The highest BCUT2D eigenvalue weighted by molar-refractivity contribution is 5.85. The van der Waals surface area contributed by atoms with Crippen molar-refractivity contribution >= 4 is 10.8 Å². The molecule has 1 fully saturated rings. The summed E-state index contributed by atoms with van der Waals surface area (Å²) in [4.78, 5) is 4.28. The van der Waals surface area contributed by atoms with Gasteiger partial charge in [0.25, 0.3) is 0 Å². The van der Waals surface area contributed by atoms with Crippen molar-refractivity contribution in [2.45, 2.75) is 37.9 Å². The fourth-order valence-electron chi connectivity index (χ4n) is 2.93. The van der Waals surface area contributed by atoms with Crippen LogP contribution in [0.2, 0.25) is 0 Å². The Bertz CT molecular complexity index is 578. The molecule has 1 aliphatic rings. The van der Waals surface area contributed by atoms with Gasteiger partial charge in [-0.3, -0.25) is 4.98 Å². The molecule has 0 bridgehead atoms. The molecule has 1 aliphatic heterocycles. The van der Waals surface area contributed by atoms with Gasteiger partial charge in [-0.2, -0.15) is 0 Å². The van der Waals surface area contributed by atoms with Crippen molar-refractivity contribution in [3.63, 3.8) is 0 Å². The van der Waals surface area contributed by atoms with Gasteiger partial charge < -0.3 is 9.84 Å². The number of aromatic nitrogens is 1. The minimum atomic E-state index is -0.813. The maximum atomic E-state index is 11.0. The van der Waals surface area contributed by atoms with E-state index in [9.17, 15) is 5.11 Å². The third-order valence-corrected chi connectivity index (χ3v) is 4.06. The summed E-state index contributed by atoms with van der Waals surface area (Å²) < 4.78 is 5.68. The van der Waals surface area contributed by atoms with Gasteiger partial charge in [0.2, 0.25) is 0 Å². The molecule has 0 aliphatic carbocycles. The van der Waals surface area contributed by atoms with E-state index in [1.807, 2.05) is 24.4 Å². The van der Waals surface area contributed by atoms with E-state index in [-0.39, 0.29) is 6.10 Å². The Morgan fingerprint density at radius 1 is 1.37 bits per heavy atom. The zero-order valence-corrected chi connectivity index (χ0v) is 11.2. The monoisotopic (exact) mass is 257 g/mol. The fourth-order valence-corrected chi connectivity index (χ4v) is 2.93. The topological polar surface area (TPSA) is 42.4 Å². The lowest BCUT2D eigenvalue weighted by molar-refractivity contribution is -0.108. The molecule has 2 unspecified atom stereocenters. The molecule has 0 saturated carbocycles. The normalized spacial score (nSPS) is 27.6. The van der Waals surface area contributed by atoms with Crippen molar-refractivity contribution in [3.05, 3.63) is 42.2 Å². The molecule has 1 saturated heterocycles. The van der Waals surface area contributed by atoms with Gasteiger partial charge in [0.05, 0.1) is 18.3 Å². The van der Waals surface area contributed by atoms with E-state index in [2.05, 4.69) is 18.0 Å². The summed E-state index contributed by atoms with van der Waals surface area (Å²) in [6, 6.07) is 8.09. The molecule has 0 amide bonds. The molecular formula is C16H19NO2. The Hall–Kier alpha value is -1.45. The average molecular weight is 257 g/mol. The standard InChI is InChI=1S/C16H19NO2/c1-2-13-9-16(18,7-8-19-13)15-11-17-10-12-5-3-4-6-14(12)15/h3-6,10-11,13,18H,2,7-9H2,1H3. The van der Waals surface area contributed by atoms with E-state index >= 15 is 0 Å². The summed E-state index contributed by atoms with van der Waals surface area (Å²) in [7, 11) is 0. The SMILES string of the molecule is CCC1CC(O)(c2cncc3ccccc23)CCO1. The van der Waals surface area contributed by atoms with Crippen LogP contribution in [-0.2, 0) is 10.3 Å². The lowest BCUT2D eigenvalue weighted by Crippen LogP contribution is -2.38. The van der Waals surface area contributed by atoms with Crippen molar-refractivity contribution in [1.82, 2.24) is 4.98 Å². The van der Waals surface area contributed by atoms with Gasteiger partial charge >= 0.3 is 0 Å². The highest BCUT2D eigenvalue weighted by Gasteiger charge is 2.37. The Labute approximate surface area is 113 Å². The molecule has 3 heteroatoms. The predicted octanol–water partition coefficient (Wildman–Crippen LogP) is 3.01. The first-order valence-electron chi connectivity index (χ1n) is 6.90. The average Bonchev–Trinajstić information content (AvgIpc) is 2.46. The van der Waals surface area contributed by atoms with Crippen molar-refractivity contribution in [1.29, 1.82) is 0 Å². The molecule has 2 aromatic rings. The summed E-state index contributed by atoms with van der Waals surface area (Å²) >= 11 is 0. The first-order valence-corrected chi connectivity index (χ1v) is 6.90. The second-order valence-electron chi connectivity index (χ2n) is 5.29. The largest absolute Gasteiger partial charge is 0.385 e. The number of aliphatic hydroxyl groups is 1. The van der Waals surface area contributed by atoms with Gasteiger partial charge in [-0.15, -0.1) is 0 Å². The Morgan fingerprint density at radius 2 is 2.21 bits per heavy atom. The maximum absolute atomic E-state index is 11.0. The molecule has 0 spiro atoms. The van der Waals surface area contributed by atoms with Crippen molar-refractivity contribution < 1.29 is 9.84 Å². The molecule has 1 aromatic carbocycles. The van der Waals surface area contributed by atoms with Crippen LogP contribution in [0.15, 0.2) is 36.7 Å². The minimum Gasteiger partial charge on any atom is -0.385 e. The Morgan fingerprint density at radius 3 is 3.05 bits per heavy atom. The number of benzene rings is 1. The van der Waals surface area contributed by atoms with Crippen LogP contribution >= 0.6 is 0 Å². The summed E-state index contributed by atoms with van der Waals surface area (Å²) in [6.45, 7) is 2.70. The summed E-state index contributed by atoms with van der Waals surface area (Å²) in [5, 5.41) is 13.2. The fraction of sp³-hybridized carbons (Fsp3) is 0.438. The Balaban J connectivity index is 2.07. The van der Waals surface area contributed by atoms with E-state index in [0.29, 0.717) is 19.4 Å². The number of rotatable bonds is 2. The van der Waals surface area contributed by atoms with Crippen LogP contribution in [0.5, 0.6) is 0 Å². The van der Waals surface area contributed by atoms with Crippen molar-refractivity contribution in [3.8, 4) is 0 Å². The molecule has 2 heterocycles. The van der Waals surface area contributed by atoms with Crippen LogP contribution in [0, 0.1) is 0 Å². The second kappa shape index (κ2) is 4.91. The number of pyridine rings is 1. The predicted molar refractivity (Wildman–Crippen MR) is 74.9 cm³/mol. The smallest absolute Gasteiger partial charge is 0.0964 e. The number of hydrogen-bond donors (Lipinski definition) is 1. The molecule has 3 rings (SSSR count). The zero-order chi connectivity index (χ0) is 13.3. The minimum absolute atomic E-state index is 0.137. The molecule has 1 aromatic heterocycles. The maximum Gasteiger partial charge on any atom is 0.0964 e. The second-order valence-corrected chi connectivity index (χ2v) is 5.29. The van der Waals surface area contributed by atoms with E-state index in [0.717, 1.165) is 22.8 Å². The lowest BCUT2D eigenvalue weighted by Gasteiger charge is -2.37. The van der Waals surface area contributed by atoms with Crippen molar-refractivity contribution in [2.24, 2.45) is 0 Å². The van der Waals surface area contributed by atoms with Crippen LogP contribution in [0.25, 0.3) is 10.8 Å². The van der Waals surface area contributed by atoms with Gasteiger partial charge in [-0.25, -0.2) is 0 Å². The number of fused-ring (bicyclic) bond motifs is 1. The molecule has 0 radical (unpaired) electrons.